The van der Waals surface area contributed by atoms with Crippen molar-refractivity contribution in [2.45, 2.75) is 19.4 Å². The second kappa shape index (κ2) is 11.8. The van der Waals surface area contributed by atoms with Crippen LogP contribution in [0.15, 0.2) is 60.0 Å². The highest BCUT2D eigenvalue weighted by Gasteiger charge is 2.29. The highest BCUT2D eigenvalue weighted by atomic mass is 32.1. The van der Waals surface area contributed by atoms with Crippen LogP contribution in [0.4, 0.5) is 10.8 Å². The van der Waals surface area contributed by atoms with E-state index >= 15 is 0 Å². The van der Waals surface area contributed by atoms with Crippen LogP contribution in [-0.4, -0.2) is 72.5 Å². The monoisotopic (exact) mass is 493 g/mol. The number of carbonyl (C=O) groups is 2. The number of rotatable bonds is 9. The normalized spacial score (nSPS) is 14.9. The molecule has 1 aliphatic heterocycles. The fraction of sp³-hybridized carbons (Fsp3) is 0.346. The van der Waals surface area contributed by atoms with Crippen molar-refractivity contribution >= 4 is 34.0 Å². The zero-order valence-corrected chi connectivity index (χ0v) is 20.9. The highest BCUT2D eigenvalue weighted by molar-refractivity contribution is 7.14. The van der Waals surface area contributed by atoms with Gasteiger partial charge >= 0.3 is 0 Å². The van der Waals surface area contributed by atoms with E-state index in [0.717, 1.165) is 36.6 Å². The third-order valence-corrected chi connectivity index (χ3v) is 6.85. The summed E-state index contributed by atoms with van der Waals surface area (Å²) in [6.07, 6.45) is 0.431. The van der Waals surface area contributed by atoms with Gasteiger partial charge in [-0.15, -0.1) is 11.3 Å². The lowest BCUT2D eigenvalue weighted by atomic mass is 10.0. The Labute approximate surface area is 209 Å². The summed E-state index contributed by atoms with van der Waals surface area (Å²) in [6.45, 7) is 6.13. The number of amides is 2. The number of nitrogens with zero attached hydrogens (tertiary/aromatic N) is 3. The SMILES string of the molecule is CCN1CCN(C(=O)C(Cc2ccccc2)NC(=O)c2csc(Nc3ccc(OC)cc3)n2)CC1. The first-order valence-electron chi connectivity index (χ1n) is 11.8. The molecule has 0 spiro atoms. The minimum Gasteiger partial charge on any atom is -0.497 e. The summed E-state index contributed by atoms with van der Waals surface area (Å²) in [6, 6.07) is 16.6. The average molecular weight is 494 g/mol. The molecule has 1 unspecified atom stereocenters. The molecule has 8 nitrogen and oxygen atoms in total. The van der Waals surface area contributed by atoms with Crippen LogP contribution in [-0.2, 0) is 11.2 Å². The minimum atomic E-state index is -0.655. The molecule has 0 radical (unpaired) electrons. The summed E-state index contributed by atoms with van der Waals surface area (Å²) in [7, 11) is 1.62. The van der Waals surface area contributed by atoms with Crippen molar-refractivity contribution in [1.82, 2.24) is 20.1 Å². The molecule has 0 aliphatic carbocycles. The lowest BCUT2D eigenvalue weighted by molar-refractivity contribution is -0.135. The lowest BCUT2D eigenvalue weighted by Gasteiger charge is -2.36. The molecule has 1 saturated heterocycles. The fourth-order valence-corrected chi connectivity index (χ4v) is 4.73. The van der Waals surface area contributed by atoms with Gasteiger partial charge in [0.05, 0.1) is 7.11 Å². The summed E-state index contributed by atoms with van der Waals surface area (Å²) in [5.41, 5.74) is 2.13. The summed E-state index contributed by atoms with van der Waals surface area (Å²) >= 11 is 1.34. The number of nitrogens with one attached hydrogen (secondary N) is 2. The molecule has 2 N–H and O–H groups in total. The Hall–Kier alpha value is -3.43. The Morgan fingerprint density at radius 3 is 2.43 bits per heavy atom. The summed E-state index contributed by atoms with van der Waals surface area (Å²) < 4.78 is 5.18. The molecule has 3 aromatic rings. The molecule has 0 bridgehead atoms. The Morgan fingerprint density at radius 2 is 1.77 bits per heavy atom. The minimum absolute atomic E-state index is 0.0511. The van der Waals surface area contributed by atoms with E-state index in [9.17, 15) is 9.59 Å². The lowest BCUT2D eigenvalue weighted by Crippen LogP contribution is -2.55. The molecule has 9 heteroatoms. The third-order valence-electron chi connectivity index (χ3n) is 6.10. The quantitative estimate of drug-likeness (QED) is 0.475. The zero-order chi connectivity index (χ0) is 24.6. The van der Waals surface area contributed by atoms with Crippen molar-refractivity contribution in [3.8, 4) is 5.75 Å². The first-order chi connectivity index (χ1) is 17.1. The number of hydrogen-bond acceptors (Lipinski definition) is 7. The van der Waals surface area contributed by atoms with Crippen molar-refractivity contribution in [3.63, 3.8) is 0 Å². The number of aromatic nitrogens is 1. The molecule has 1 aliphatic rings. The van der Waals surface area contributed by atoms with Crippen LogP contribution in [0.25, 0.3) is 0 Å². The van der Waals surface area contributed by atoms with E-state index in [0.29, 0.717) is 24.6 Å². The standard InChI is InChI=1S/C26H31N5O3S/c1-3-30-13-15-31(16-14-30)25(33)22(17-19-7-5-4-6-8-19)28-24(32)23-18-35-26(29-23)27-20-9-11-21(34-2)12-10-20/h4-12,18,22H,3,13-17H2,1-2H3,(H,27,29)(H,28,32). The molecule has 35 heavy (non-hydrogen) atoms. The predicted octanol–water partition coefficient (Wildman–Crippen LogP) is 3.40. The number of benzene rings is 2. The predicted molar refractivity (Wildman–Crippen MR) is 138 cm³/mol. The van der Waals surface area contributed by atoms with E-state index in [-0.39, 0.29) is 17.5 Å². The maximum atomic E-state index is 13.4. The van der Waals surface area contributed by atoms with E-state index in [2.05, 4.69) is 27.4 Å². The van der Waals surface area contributed by atoms with E-state index in [1.54, 1.807) is 12.5 Å². The van der Waals surface area contributed by atoms with Crippen molar-refractivity contribution < 1.29 is 14.3 Å². The van der Waals surface area contributed by atoms with Crippen LogP contribution >= 0.6 is 11.3 Å². The maximum absolute atomic E-state index is 13.4. The highest BCUT2D eigenvalue weighted by Crippen LogP contribution is 2.23. The first kappa shape index (κ1) is 24.7. The molecule has 184 valence electrons. The smallest absolute Gasteiger partial charge is 0.271 e. The van der Waals surface area contributed by atoms with Gasteiger partial charge in [0.25, 0.3) is 5.91 Å². The van der Waals surface area contributed by atoms with Crippen molar-refractivity contribution in [3.05, 3.63) is 71.2 Å². The Bertz CT molecular complexity index is 1110. The van der Waals surface area contributed by atoms with E-state index < -0.39 is 6.04 Å². The number of thiazole rings is 1. The van der Waals surface area contributed by atoms with Crippen LogP contribution in [0, 0.1) is 0 Å². The molecule has 2 aromatic carbocycles. The van der Waals surface area contributed by atoms with Crippen LogP contribution in [0.1, 0.15) is 23.0 Å². The van der Waals surface area contributed by atoms with Gasteiger partial charge in [0.1, 0.15) is 17.5 Å². The van der Waals surface area contributed by atoms with E-state index in [1.807, 2.05) is 59.5 Å². The van der Waals surface area contributed by atoms with Crippen LogP contribution in [0.2, 0.25) is 0 Å². The van der Waals surface area contributed by atoms with Gasteiger partial charge in [-0.05, 0) is 36.4 Å². The van der Waals surface area contributed by atoms with Gasteiger partial charge in [0.2, 0.25) is 5.91 Å². The van der Waals surface area contributed by atoms with Crippen LogP contribution < -0.4 is 15.4 Å². The molecular formula is C26H31N5O3S. The number of carbonyl (C=O) groups excluding carboxylic acids is 2. The number of piperazine rings is 1. The molecule has 0 saturated carbocycles. The topological polar surface area (TPSA) is 86.8 Å². The largest absolute Gasteiger partial charge is 0.497 e. The van der Waals surface area contributed by atoms with E-state index in [4.69, 9.17) is 4.74 Å². The second-order valence-corrected chi connectivity index (χ2v) is 9.22. The molecule has 2 amide bonds. The Kier molecular flexibility index (Phi) is 8.33. The Balaban J connectivity index is 1.44. The van der Waals surface area contributed by atoms with Crippen molar-refractivity contribution in [2.75, 3.05) is 45.2 Å². The summed E-state index contributed by atoms with van der Waals surface area (Å²) in [5.74, 6) is 0.357. The van der Waals surface area contributed by atoms with Crippen LogP contribution in [0.3, 0.4) is 0 Å². The van der Waals surface area contributed by atoms with Gasteiger partial charge in [-0.2, -0.15) is 0 Å². The van der Waals surface area contributed by atoms with Gasteiger partial charge in [-0.1, -0.05) is 37.3 Å². The van der Waals surface area contributed by atoms with Gasteiger partial charge < -0.3 is 25.2 Å². The summed E-state index contributed by atoms with van der Waals surface area (Å²) in [4.78, 5) is 35.1. The first-order valence-corrected chi connectivity index (χ1v) is 12.7. The van der Waals surface area contributed by atoms with Gasteiger partial charge in [0.15, 0.2) is 5.13 Å². The van der Waals surface area contributed by atoms with Crippen LogP contribution in [0.5, 0.6) is 5.75 Å². The molecule has 2 heterocycles. The third kappa shape index (κ3) is 6.58. The Morgan fingerprint density at radius 1 is 1.06 bits per heavy atom. The molecular weight excluding hydrogens is 462 g/mol. The summed E-state index contributed by atoms with van der Waals surface area (Å²) in [5, 5.41) is 8.45. The molecule has 1 aromatic heterocycles. The number of hydrogen-bond donors (Lipinski definition) is 2. The van der Waals surface area contributed by atoms with Gasteiger partial charge in [-0.25, -0.2) is 4.98 Å². The number of ether oxygens (including phenoxy) is 1. The molecule has 1 fully saturated rings. The second-order valence-electron chi connectivity index (χ2n) is 8.37. The molecule has 4 rings (SSSR count). The van der Waals surface area contributed by atoms with E-state index in [1.165, 1.54) is 11.3 Å². The van der Waals surface area contributed by atoms with Crippen molar-refractivity contribution in [1.29, 1.82) is 0 Å². The number of methoxy groups -OCH3 is 1. The fourth-order valence-electron chi connectivity index (χ4n) is 4.02. The number of anilines is 2. The van der Waals surface area contributed by atoms with Gasteiger partial charge in [0, 0.05) is 43.7 Å². The van der Waals surface area contributed by atoms with Gasteiger partial charge in [-0.3, -0.25) is 9.59 Å². The van der Waals surface area contributed by atoms with Crippen molar-refractivity contribution in [2.24, 2.45) is 0 Å². The maximum Gasteiger partial charge on any atom is 0.271 e. The number of likely N-dealkylation sites (N-methyl/N-ethyl adjacent to an activating group) is 1. The average Bonchev–Trinajstić information content (AvgIpc) is 3.37. The molecule has 1 atom stereocenters. The zero-order valence-electron chi connectivity index (χ0n) is 20.1.